The number of benzene rings is 1. The van der Waals surface area contributed by atoms with Gasteiger partial charge in [-0.2, -0.15) is 0 Å². The highest BCUT2D eigenvalue weighted by Crippen LogP contribution is 2.10. The van der Waals surface area contributed by atoms with Crippen LogP contribution < -0.4 is 0 Å². The van der Waals surface area contributed by atoms with Crippen LogP contribution in [-0.2, 0) is 4.74 Å². The lowest BCUT2D eigenvalue weighted by molar-refractivity contribution is 0.0466. The van der Waals surface area contributed by atoms with Crippen LogP contribution in [0, 0.1) is 13.8 Å². The van der Waals surface area contributed by atoms with Crippen LogP contribution in [0.5, 0.6) is 0 Å². The van der Waals surface area contributed by atoms with E-state index in [0.717, 1.165) is 30.8 Å². The summed E-state index contributed by atoms with van der Waals surface area (Å²) < 4.78 is 5.29. The third-order valence-electron chi connectivity index (χ3n) is 2.99. The van der Waals surface area contributed by atoms with Crippen LogP contribution in [0.1, 0.15) is 35.3 Å². The van der Waals surface area contributed by atoms with Crippen molar-refractivity contribution >= 4 is 18.4 Å². The summed E-state index contributed by atoms with van der Waals surface area (Å²) in [4.78, 5) is 14.1. The van der Waals surface area contributed by atoms with Gasteiger partial charge in [0.25, 0.3) is 0 Å². The first-order chi connectivity index (χ1) is 8.56. The minimum atomic E-state index is -0.228. The Balaban J connectivity index is 0.00000324. The van der Waals surface area contributed by atoms with Gasteiger partial charge in [0.2, 0.25) is 0 Å². The molecule has 108 valence electrons. The number of carbonyl (C=O) groups excluding carboxylic acids is 1. The quantitative estimate of drug-likeness (QED) is 0.752. The van der Waals surface area contributed by atoms with E-state index >= 15 is 0 Å². The number of rotatable bonds is 6. The lowest BCUT2D eigenvalue weighted by Crippen LogP contribution is -2.27. The Bertz CT molecular complexity index is 383. The van der Waals surface area contributed by atoms with Crippen molar-refractivity contribution in [3.8, 4) is 0 Å². The van der Waals surface area contributed by atoms with Crippen LogP contribution in [-0.4, -0.2) is 37.1 Å². The highest BCUT2D eigenvalue weighted by molar-refractivity contribution is 5.89. The molecule has 0 amide bonds. The summed E-state index contributed by atoms with van der Waals surface area (Å²) in [5.41, 5.74) is 2.82. The summed E-state index contributed by atoms with van der Waals surface area (Å²) in [5.74, 6) is -0.228. The summed E-state index contributed by atoms with van der Waals surface area (Å²) in [6.45, 7) is 11.4. The minimum Gasteiger partial charge on any atom is -0.461 e. The maximum atomic E-state index is 11.9. The third kappa shape index (κ3) is 6.08. The van der Waals surface area contributed by atoms with Crippen molar-refractivity contribution in [3.63, 3.8) is 0 Å². The number of hydrogen-bond acceptors (Lipinski definition) is 3. The second kappa shape index (κ2) is 8.94. The summed E-state index contributed by atoms with van der Waals surface area (Å²) in [7, 11) is 0. The van der Waals surface area contributed by atoms with E-state index in [2.05, 4.69) is 18.7 Å². The molecule has 0 aliphatic carbocycles. The van der Waals surface area contributed by atoms with Crippen LogP contribution in [0.4, 0.5) is 0 Å². The molecule has 0 bridgehead atoms. The summed E-state index contributed by atoms with van der Waals surface area (Å²) >= 11 is 0. The van der Waals surface area contributed by atoms with Crippen molar-refractivity contribution in [2.75, 3.05) is 26.2 Å². The van der Waals surface area contributed by atoms with E-state index in [1.165, 1.54) is 0 Å². The molecule has 3 nitrogen and oxygen atoms in total. The lowest BCUT2D eigenvalue weighted by atomic mass is 10.1. The average molecular weight is 286 g/mol. The van der Waals surface area contributed by atoms with Crippen molar-refractivity contribution in [2.24, 2.45) is 0 Å². The fourth-order valence-electron chi connectivity index (χ4n) is 1.98. The van der Waals surface area contributed by atoms with E-state index in [4.69, 9.17) is 4.74 Å². The lowest BCUT2D eigenvalue weighted by Gasteiger charge is -2.17. The van der Waals surface area contributed by atoms with Gasteiger partial charge in [-0.05, 0) is 39.1 Å². The first-order valence-corrected chi connectivity index (χ1v) is 6.54. The fraction of sp³-hybridized carbons (Fsp3) is 0.533. The molecule has 0 N–H and O–H groups in total. The molecule has 19 heavy (non-hydrogen) atoms. The molecule has 0 unspecified atom stereocenters. The first kappa shape index (κ1) is 17.9. The number of esters is 1. The summed E-state index contributed by atoms with van der Waals surface area (Å²) in [6.07, 6.45) is 0. The molecular formula is C15H24ClNO2. The van der Waals surface area contributed by atoms with Gasteiger partial charge in [0, 0.05) is 6.54 Å². The van der Waals surface area contributed by atoms with Gasteiger partial charge in [0.15, 0.2) is 0 Å². The van der Waals surface area contributed by atoms with Crippen molar-refractivity contribution in [3.05, 3.63) is 34.9 Å². The maximum Gasteiger partial charge on any atom is 0.338 e. The summed E-state index contributed by atoms with van der Waals surface area (Å²) in [6, 6.07) is 5.78. The largest absolute Gasteiger partial charge is 0.461 e. The Morgan fingerprint density at radius 2 is 1.63 bits per heavy atom. The van der Waals surface area contributed by atoms with Crippen LogP contribution >= 0.6 is 12.4 Å². The average Bonchev–Trinajstić information content (AvgIpc) is 2.33. The standard InChI is InChI=1S/C15H23NO2.ClH/c1-5-16(6-2)7-8-18-15(17)14-10-12(3)9-13(4)11-14;/h9-11H,5-8H2,1-4H3;1H. The molecule has 0 aliphatic rings. The summed E-state index contributed by atoms with van der Waals surface area (Å²) in [5, 5.41) is 0. The Morgan fingerprint density at radius 1 is 1.11 bits per heavy atom. The van der Waals surface area contributed by atoms with Crippen LogP contribution in [0.25, 0.3) is 0 Å². The molecule has 1 rings (SSSR count). The second-order valence-corrected chi connectivity index (χ2v) is 4.54. The monoisotopic (exact) mass is 285 g/mol. The van der Waals surface area contributed by atoms with Crippen LogP contribution in [0.2, 0.25) is 0 Å². The predicted octanol–water partition coefficient (Wildman–Crippen LogP) is 3.22. The van der Waals surface area contributed by atoms with E-state index in [1.807, 2.05) is 32.0 Å². The number of hydrogen-bond donors (Lipinski definition) is 0. The molecular weight excluding hydrogens is 262 g/mol. The molecule has 0 aliphatic heterocycles. The topological polar surface area (TPSA) is 29.5 Å². The molecule has 0 fully saturated rings. The minimum absolute atomic E-state index is 0. The van der Waals surface area contributed by atoms with Gasteiger partial charge >= 0.3 is 5.97 Å². The normalized spacial score (nSPS) is 10.2. The number of likely N-dealkylation sites (N-methyl/N-ethyl adjacent to an activating group) is 1. The van der Waals surface area contributed by atoms with Gasteiger partial charge in [-0.25, -0.2) is 4.79 Å². The number of carbonyl (C=O) groups is 1. The van der Waals surface area contributed by atoms with Crippen molar-refractivity contribution in [2.45, 2.75) is 27.7 Å². The Morgan fingerprint density at radius 3 is 2.11 bits per heavy atom. The number of halogens is 1. The maximum absolute atomic E-state index is 11.9. The molecule has 1 aromatic carbocycles. The van der Waals surface area contributed by atoms with Crippen molar-refractivity contribution in [1.82, 2.24) is 4.90 Å². The van der Waals surface area contributed by atoms with Crippen molar-refractivity contribution < 1.29 is 9.53 Å². The first-order valence-electron chi connectivity index (χ1n) is 6.54. The molecule has 0 saturated heterocycles. The molecule has 0 atom stereocenters. The molecule has 0 aromatic heterocycles. The van der Waals surface area contributed by atoms with Gasteiger partial charge in [0.1, 0.15) is 6.61 Å². The smallest absolute Gasteiger partial charge is 0.338 e. The highest BCUT2D eigenvalue weighted by Gasteiger charge is 2.08. The zero-order valence-electron chi connectivity index (χ0n) is 12.2. The molecule has 1 aromatic rings. The molecule has 4 heteroatoms. The second-order valence-electron chi connectivity index (χ2n) is 4.54. The van der Waals surface area contributed by atoms with Crippen LogP contribution in [0.3, 0.4) is 0 Å². The van der Waals surface area contributed by atoms with E-state index in [-0.39, 0.29) is 18.4 Å². The molecule has 0 spiro atoms. The van der Waals surface area contributed by atoms with Gasteiger partial charge < -0.3 is 9.64 Å². The van der Waals surface area contributed by atoms with E-state index in [1.54, 1.807) is 0 Å². The van der Waals surface area contributed by atoms with Gasteiger partial charge in [-0.15, -0.1) is 12.4 Å². The predicted molar refractivity (Wildman–Crippen MR) is 81.2 cm³/mol. The van der Waals surface area contributed by atoms with Gasteiger partial charge in [0.05, 0.1) is 5.56 Å². The molecule has 0 heterocycles. The zero-order valence-corrected chi connectivity index (χ0v) is 13.0. The SMILES string of the molecule is CCN(CC)CCOC(=O)c1cc(C)cc(C)c1.Cl. The van der Waals surface area contributed by atoms with E-state index in [0.29, 0.717) is 12.2 Å². The molecule has 0 saturated carbocycles. The van der Waals surface area contributed by atoms with Gasteiger partial charge in [-0.3, -0.25) is 0 Å². The number of aryl methyl sites for hydroxylation is 2. The van der Waals surface area contributed by atoms with Gasteiger partial charge in [-0.1, -0.05) is 31.0 Å². The Hall–Kier alpha value is -1.06. The molecule has 0 radical (unpaired) electrons. The van der Waals surface area contributed by atoms with Crippen LogP contribution in [0.15, 0.2) is 18.2 Å². The number of nitrogens with zero attached hydrogens (tertiary/aromatic N) is 1. The number of ether oxygens (including phenoxy) is 1. The third-order valence-corrected chi connectivity index (χ3v) is 2.99. The van der Waals surface area contributed by atoms with E-state index in [9.17, 15) is 4.79 Å². The van der Waals surface area contributed by atoms with E-state index < -0.39 is 0 Å². The highest BCUT2D eigenvalue weighted by atomic mass is 35.5. The Kier molecular flexibility index (Phi) is 8.44. The Labute approximate surface area is 122 Å². The van der Waals surface area contributed by atoms with Crippen molar-refractivity contribution in [1.29, 1.82) is 0 Å². The fourth-order valence-corrected chi connectivity index (χ4v) is 1.98. The zero-order chi connectivity index (χ0) is 13.5.